The summed E-state index contributed by atoms with van der Waals surface area (Å²) in [5.74, 6) is 0.00523. The van der Waals surface area contributed by atoms with Gasteiger partial charge < -0.3 is 14.2 Å². The number of carbonyl (C=O) groups excluding carboxylic acids is 4. The molecule has 0 bridgehead atoms. The zero-order chi connectivity index (χ0) is 25.8. The van der Waals surface area contributed by atoms with Crippen LogP contribution in [0.15, 0.2) is 90.3 Å². The van der Waals surface area contributed by atoms with Crippen LogP contribution in [-0.2, 0) is 9.53 Å². The summed E-state index contributed by atoms with van der Waals surface area (Å²) in [6.45, 7) is 4.09. The Labute approximate surface area is 213 Å². The summed E-state index contributed by atoms with van der Waals surface area (Å²) < 4.78 is 15.9. The first-order valence-electron chi connectivity index (χ1n) is 11.1. The predicted octanol–water partition coefficient (Wildman–Crippen LogP) is 5.54. The quantitative estimate of drug-likeness (QED) is 0.0792. The van der Waals surface area contributed by atoms with Gasteiger partial charge in [0.25, 0.3) is 0 Å². The number of aldehydes is 1. The Hall–Kier alpha value is -4.17. The second-order valence-corrected chi connectivity index (χ2v) is 8.49. The number of hydrogen-bond donors (Lipinski definition) is 0. The highest BCUT2D eigenvalue weighted by Crippen LogP contribution is 2.26. The SMILES string of the molecule is C=CC(=O)OCCCCOc1ccc(C(=O)Oc2ccc(SC(=O)c3ccc(C=O)cc3)cc2)cc1. The maximum atomic E-state index is 12.4. The number of thioether (sulfide) groups is 1. The lowest BCUT2D eigenvalue weighted by atomic mass is 10.2. The standard InChI is InChI=1S/C28H24O7S/c1-2-26(30)34-18-4-3-17-33-23-11-9-21(10-12-23)27(31)35-24-13-15-25(16-14-24)36-28(32)22-7-5-20(19-29)6-8-22/h2,5-16,19H,1,3-4,17-18H2. The summed E-state index contributed by atoms with van der Waals surface area (Å²) in [5.41, 5.74) is 1.36. The van der Waals surface area contributed by atoms with Gasteiger partial charge in [0, 0.05) is 22.1 Å². The molecule has 0 unspecified atom stereocenters. The topological polar surface area (TPSA) is 96.0 Å². The van der Waals surface area contributed by atoms with Gasteiger partial charge in [0.2, 0.25) is 5.12 Å². The molecule has 0 atom stereocenters. The van der Waals surface area contributed by atoms with Crippen molar-refractivity contribution in [3.63, 3.8) is 0 Å². The number of rotatable bonds is 12. The van der Waals surface area contributed by atoms with Crippen molar-refractivity contribution in [2.24, 2.45) is 0 Å². The Morgan fingerprint density at radius 2 is 1.39 bits per heavy atom. The molecular weight excluding hydrogens is 480 g/mol. The molecular formula is C28H24O7S. The fourth-order valence-electron chi connectivity index (χ4n) is 2.92. The molecule has 0 radical (unpaired) electrons. The molecule has 3 rings (SSSR count). The fraction of sp³-hybridized carbons (Fsp3) is 0.143. The summed E-state index contributed by atoms with van der Waals surface area (Å²) in [4.78, 5) is 47.2. The molecule has 0 aliphatic heterocycles. The molecule has 0 fully saturated rings. The molecule has 3 aromatic carbocycles. The van der Waals surface area contributed by atoms with E-state index in [0.29, 0.717) is 59.1 Å². The first-order valence-corrected chi connectivity index (χ1v) is 11.9. The second kappa shape index (κ2) is 13.7. The van der Waals surface area contributed by atoms with Gasteiger partial charge >= 0.3 is 11.9 Å². The maximum Gasteiger partial charge on any atom is 0.343 e. The van der Waals surface area contributed by atoms with E-state index >= 15 is 0 Å². The Balaban J connectivity index is 1.44. The lowest BCUT2D eigenvalue weighted by molar-refractivity contribution is -0.137. The van der Waals surface area contributed by atoms with Crippen LogP contribution >= 0.6 is 11.8 Å². The van der Waals surface area contributed by atoms with Crippen molar-refractivity contribution in [1.29, 1.82) is 0 Å². The number of esters is 2. The van der Waals surface area contributed by atoms with E-state index in [1.807, 2.05) is 0 Å². The molecule has 184 valence electrons. The molecule has 0 amide bonds. The molecule has 0 N–H and O–H groups in total. The van der Waals surface area contributed by atoms with Crippen LogP contribution in [0.2, 0.25) is 0 Å². The molecule has 0 aromatic heterocycles. The van der Waals surface area contributed by atoms with Crippen LogP contribution in [0.4, 0.5) is 0 Å². The molecule has 7 nitrogen and oxygen atoms in total. The molecule has 0 saturated heterocycles. The largest absolute Gasteiger partial charge is 0.494 e. The van der Waals surface area contributed by atoms with Crippen molar-refractivity contribution < 1.29 is 33.4 Å². The van der Waals surface area contributed by atoms with E-state index in [1.165, 1.54) is 0 Å². The van der Waals surface area contributed by atoms with E-state index in [-0.39, 0.29) is 5.12 Å². The van der Waals surface area contributed by atoms with E-state index < -0.39 is 11.9 Å². The van der Waals surface area contributed by atoms with Crippen LogP contribution in [0.3, 0.4) is 0 Å². The summed E-state index contributed by atoms with van der Waals surface area (Å²) in [6.07, 6.45) is 3.23. The van der Waals surface area contributed by atoms with Gasteiger partial charge in [-0.3, -0.25) is 9.59 Å². The molecule has 8 heteroatoms. The number of unbranched alkanes of at least 4 members (excludes halogenated alkanes) is 1. The molecule has 36 heavy (non-hydrogen) atoms. The van der Waals surface area contributed by atoms with Crippen LogP contribution in [0.25, 0.3) is 0 Å². The van der Waals surface area contributed by atoms with Crippen LogP contribution < -0.4 is 9.47 Å². The highest BCUT2D eigenvalue weighted by molar-refractivity contribution is 8.14. The Bertz CT molecular complexity index is 1200. The number of carbonyl (C=O) groups is 4. The minimum Gasteiger partial charge on any atom is -0.494 e. The average molecular weight is 505 g/mol. The van der Waals surface area contributed by atoms with Crippen molar-refractivity contribution >= 4 is 35.1 Å². The van der Waals surface area contributed by atoms with Gasteiger partial charge in [0.15, 0.2) is 0 Å². The summed E-state index contributed by atoms with van der Waals surface area (Å²) in [7, 11) is 0. The molecule has 0 aliphatic carbocycles. The average Bonchev–Trinajstić information content (AvgIpc) is 2.91. The minimum absolute atomic E-state index is 0.157. The molecule has 3 aromatic rings. The van der Waals surface area contributed by atoms with Gasteiger partial charge in [-0.2, -0.15) is 0 Å². The van der Waals surface area contributed by atoms with Gasteiger partial charge in [-0.15, -0.1) is 0 Å². The molecule has 0 aliphatic rings. The van der Waals surface area contributed by atoms with Gasteiger partial charge in [-0.1, -0.05) is 18.7 Å². The Morgan fingerprint density at radius 3 is 2.03 bits per heavy atom. The third kappa shape index (κ3) is 8.25. The van der Waals surface area contributed by atoms with Crippen LogP contribution in [-0.4, -0.2) is 36.6 Å². The van der Waals surface area contributed by atoms with E-state index in [2.05, 4.69) is 6.58 Å². The highest BCUT2D eigenvalue weighted by Gasteiger charge is 2.11. The lowest BCUT2D eigenvalue weighted by Crippen LogP contribution is -2.08. The number of ether oxygens (including phenoxy) is 3. The van der Waals surface area contributed by atoms with Gasteiger partial charge in [-0.25, -0.2) is 9.59 Å². The third-order valence-electron chi connectivity index (χ3n) is 4.84. The monoisotopic (exact) mass is 504 g/mol. The molecule has 0 heterocycles. The minimum atomic E-state index is -0.516. The van der Waals surface area contributed by atoms with Crippen molar-refractivity contribution in [3.8, 4) is 11.5 Å². The van der Waals surface area contributed by atoms with Crippen molar-refractivity contribution in [1.82, 2.24) is 0 Å². The third-order valence-corrected chi connectivity index (χ3v) is 5.76. The Kier molecular flexibility index (Phi) is 10.0. The number of benzene rings is 3. The van der Waals surface area contributed by atoms with Crippen LogP contribution in [0.5, 0.6) is 11.5 Å². The van der Waals surface area contributed by atoms with Crippen molar-refractivity contribution in [2.45, 2.75) is 17.7 Å². The molecule has 0 saturated carbocycles. The number of hydrogen-bond acceptors (Lipinski definition) is 8. The molecule has 0 spiro atoms. The Morgan fingerprint density at radius 1 is 0.778 bits per heavy atom. The predicted molar refractivity (Wildman–Crippen MR) is 136 cm³/mol. The fourth-order valence-corrected chi connectivity index (χ4v) is 3.66. The maximum absolute atomic E-state index is 12.4. The van der Waals surface area contributed by atoms with E-state index in [9.17, 15) is 19.2 Å². The van der Waals surface area contributed by atoms with Crippen molar-refractivity contribution in [3.05, 3.63) is 102 Å². The smallest absolute Gasteiger partial charge is 0.343 e. The van der Waals surface area contributed by atoms with Crippen molar-refractivity contribution in [2.75, 3.05) is 13.2 Å². The van der Waals surface area contributed by atoms with E-state index in [4.69, 9.17) is 14.2 Å². The highest BCUT2D eigenvalue weighted by atomic mass is 32.2. The van der Waals surface area contributed by atoms with E-state index in [1.54, 1.807) is 72.8 Å². The lowest BCUT2D eigenvalue weighted by Gasteiger charge is -2.08. The van der Waals surface area contributed by atoms with Crippen LogP contribution in [0, 0.1) is 0 Å². The van der Waals surface area contributed by atoms with Gasteiger partial charge in [-0.05, 0) is 85.3 Å². The van der Waals surface area contributed by atoms with Gasteiger partial charge in [0.1, 0.15) is 17.8 Å². The zero-order valence-corrected chi connectivity index (χ0v) is 20.2. The summed E-state index contributed by atoms with van der Waals surface area (Å²) in [6, 6.07) is 19.6. The summed E-state index contributed by atoms with van der Waals surface area (Å²) in [5, 5.41) is -0.157. The normalized spacial score (nSPS) is 10.2. The summed E-state index contributed by atoms with van der Waals surface area (Å²) >= 11 is 1.04. The zero-order valence-electron chi connectivity index (χ0n) is 19.4. The first kappa shape index (κ1) is 26.4. The first-order chi connectivity index (χ1) is 17.5. The van der Waals surface area contributed by atoms with Crippen LogP contribution in [0.1, 0.15) is 43.9 Å². The van der Waals surface area contributed by atoms with Gasteiger partial charge in [0.05, 0.1) is 18.8 Å². The second-order valence-electron chi connectivity index (χ2n) is 7.44. The van der Waals surface area contributed by atoms with E-state index in [0.717, 1.165) is 24.1 Å².